The maximum absolute atomic E-state index is 12.8. The molecular weight excluding hydrogens is 236 g/mol. The molecule has 0 aromatic heterocycles. The summed E-state index contributed by atoms with van der Waals surface area (Å²) in [5.74, 6) is 2.37. The van der Waals surface area contributed by atoms with Gasteiger partial charge in [-0.05, 0) is 50.5 Å². The molecule has 3 aliphatic rings. The van der Waals surface area contributed by atoms with Crippen LogP contribution in [0.1, 0.15) is 57.8 Å². The Balaban J connectivity index is 1.62. The van der Waals surface area contributed by atoms with Crippen LogP contribution in [0.25, 0.3) is 0 Å². The van der Waals surface area contributed by atoms with Crippen LogP contribution in [0.3, 0.4) is 0 Å². The highest BCUT2D eigenvalue weighted by molar-refractivity contribution is 5.83. The van der Waals surface area contributed by atoms with Crippen molar-refractivity contribution in [1.82, 2.24) is 4.90 Å². The molecule has 0 aliphatic heterocycles. The largest absolute Gasteiger partial charge is 0.339 e. The molecule has 0 bridgehead atoms. The number of carbonyl (C=O) groups is 1. The zero-order chi connectivity index (χ0) is 13.2. The van der Waals surface area contributed by atoms with Gasteiger partial charge < -0.3 is 10.6 Å². The van der Waals surface area contributed by atoms with Crippen LogP contribution in [-0.4, -0.2) is 29.9 Å². The van der Waals surface area contributed by atoms with Crippen molar-refractivity contribution < 1.29 is 4.79 Å². The molecule has 3 saturated carbocycles. The Morgan fingerprint density at radius 3 is 2.32 bits per heavy atom. The molecule has 3 nitrogen and oxygen atoms in total. The number of nitrogens with two attached hydrogens (primary N) is 1. The van der Waals surface area contributed by atoms with Gasteiger partial charge in [-0.25, -0.2) is 0 Å². The van der Waals surface area contributed by atoms with Gasteiger partial charge in [0.25, 0.3) is 0 Å². The van der Waals surface area contributed by atoms with E-state index < -0.39 is 0 Å². The second-order valence-electron chi connectivity index (χ2n) is 6.75. The fourth-order valence-corrected chi connectivity index (χ4v) is 4.51. The molecular formula is C16H28N2O. The summed E-state index contributed by atoms with van der Waals surface area (Å²) in [6.07, 6.45) is 11.3. The van der Waals surface area contributed by atoms with E-state index in [-0.39, 0.29) is 0 Å². The topological polar surface area (TPSA) is 46.3 Å². The SMILES string of the molecule is NCCCN(C(=O)C1C2CCCC21)C1CCCCC1. The van der Waals surface area contributed by atoms with Crippen molar-refractivity contribution in [2.45, 2.75) is 63.8 Å². The highest BCUT2D eigenvalue weighted by Crippen LogP contribution is 2.58. The van der Waals surface area contributed by atoms with E-state index in [9.17, 15) is 4.79 Å². The lowest BCUT2D eigenvalue weighted by atomic mass is 9.93. The number of amides is 1. The molecule has 3 heteroatoms. The van der Waals surface area contributed by atoms with Gasteiger partial charge in [-0.15, -0.1) is 0 Å². The molecule has 0 aromatic rings. The zero-order valence-corrected chi connectivity index (χ0v) is 12.0. The molecule has 2 unspecified atom stereocenters. The smallest absolute Gasteiger partial charge is 0.226 e. The van der Waals surface area contributed by atoms with Crippen molar-refractivity contribution in [1.29, 1.82) is 0 Å². The standard InChI is InChI=1S/C16H28N2O/c17-10-5-11-18(12-6-2-1-3-7-12)16(19)15-13-8-4-9-14(13)15/h12-15H,1-11,17H2. The number of rotatable bonds is 5. The summed E-state index contributed by atoms with van der Waals surface area (Å²) in [7, 11) is 0. The van der Waals surface area contributed by atoms with Crippen LogP contribution >= 0.6 is 0 Å². The molecule has 3 aliphatic carbocycles. The van der Waals surface area contributed by atoms with Gasteiger partial charge in [-0.3, -0.25) is 4.79 Å². The molecule has 0 spiro atoms. The van der Waals surface area contributed by atoms with Gasteiger partial charge in [0.05, 0.1) is 0 Å². The molecule has 0 saturated heterocycles. The predicted molar refractivity (Wildman–Crippen MR) is 76.6 cm³/mol. The minimum Gasteiger partial charge on any atom is -0.339 e. The van der Waals surface area contributed by atoms with Gasteiger partial charge in [-0.1, -0.05) is 25.7 Å². The molecule has 19 heavy (non-hydrogen) atoms. The van der Waals surface area contributed by atoms with Gasteiger partial charge in [0.2, 0.25) is 5.91 Å². The summed E-state index contributed by atoms with van der Waals surface area (Å²) < 4.78 is 0. The van der Waals surface area contributed by atoms with Crippen molar-refractivity contribution in [3.63, 3.8) is 0 Å². The Morgan fingerprint density at radius 1 is 1.00 bits per heavy atom. The van der Waals surface area contributed by atoms with E-state index in [1.807, 2.05) is 0 Å². The van der Waals surface area contributed by atoms with E-state index in [0.29, 0.717) is 24.4 Å². The molecule has 0 heterocycles. The van der Waals surface area contributed by atoms with Crippen LogP contribution in [-0.2, 0) is 4.79 Å². The lowest BCUT2D eigenvalue weighted by Gasteiger charge is -2.35. The second kappa shape index (κ2) is 5.82. The first kappa shape index (κ1) is 13.4. The van der Waals surface area contributed by atoms with Crippen molar-refractivity contribution in [3.8, 4) is 0 Å². The van der Waals surface area contributed by atoms with Crippen LogP contribution in [0, 0.1) is 17.8 Å². The van der Waals surface area contributed by atoms with Crippen LogP contribution in [0.15, 0.2) is 0 Å². The summed E-state index contributed by atoms with van der Waals surface area (Å²) in [4.78, 5) is 15.0. The quantitative estimate of drug-likeness (QED) is 0.829. The van der Waals surface area contributed by atoms with Gasteiger partial charge >= 0.3 is 0 Å². The average molecular weight is 264 g/mol. The first-order valence-electron chi connectivity index (χ1n) is 8.33. The normalized spacial score (nSPS) is 34.1. The lowest BCUT2D eigenvalue weighted by molar-refractivity contribution is -0.136. The third-order valence-electron chi connectivity index (χ3n) is 5.59. The first-order chi connectivity index (χ1) is 9.33. The van der Waals surface area contributed by atoms with E-state index in [0.717, 1.165) is 24.8 Å². The van der Waals surface area contributed by atoms with Crippen molar-refractivity contribution >= 4 is 5.91 Å². The molecule has 2 N–H and O–H groups in total. The number of hydrogen-bond acceptors (Lipinski definition) is 2. The number of carbonyl (C=O) groups excluding carboxylic acids is 1. The zero-order valence-electron chi connectivity index (χ0n) is 12.0. The summed E-state index contributed by atoms with van der Waals surface area (Å²) in [5, 5.41) is 0. The summed E-state index contributed by atoms with van der Waals surface area (Å²) in [6.45, 7) is 1.60. The molecule has 0 aromatic carbocycles. The molecule has 108 valence electrons. The van der Waals surface area contributed by atoms with Crippen LogP contribution in [0.4, 0.5) is 0 Å². The minimum atomic E-state index is 0.397. The first-order valence-corrected chi connectivity index (χ1v) is 8.33. The minimum absolute atomic E-state index is 0.397. The maximum Gasteiger partial charge on any atom is 0.226 e. The summed E-state index contributed by atoms with van der Waals surface area (Å²) in [5.41, 5.74) is 5.65. The highest BCUT2D eigenvalue weighted by Gasteiger charge is 2.57. The Hall–Kier alpha value is -0.570. The Labute approximate surface area is 116 Å². The molecule has 3 rings (SSSR count). The summed E-state index contributed by atoms with van der Waals surface area (Å²) >= 11 is 0. The van der Waals surface area contributed by atoms with Crippen molar-refractivity contribution in [3.05, 3.63) is 0 Å². The number of hydrogen-bond donors (Lipinski definition) is 1. The molecule has 3 fully saturated rings. The van der Waals surface area contributed by atoms with Crippen molar-refractivity contribution in [2.24, 2.45) is 23.5 Å². The molecule has 0 radical (unpaired) electrons. The van der Waals surface area contributed by atoms with Gasteiger partial charge in [0, 0.05) is 18.5 Å². The third kappa shape index (κ3) is 2.67. The maximum atomic E-state index is 12.8. The third-order valence-corrected chi connectivity index (χ3v) is 5.59. The fourth-order valence-electron chi connectivity index (χ4n) is 4.51. The fraction of sp³-hybridized carbons (Fsp3) is 0.938. The monoisotopic (exact) mass is 264 g/mol. The predicted octanol–water partition coefficient (Wildman–Crippen LogP) is 2.54. The summed E-state index contributed by atoms with van der Waals surface area (Å²) in [6, 6.07) is 0.522. The second-order valence-corrected chi connectivity index (χ2v) is 6.75. The Morgan fingerprint density at radius 2 is 1.68 bits per heavy atom. The Kier molecular flexibility index (Phi) is 4.11. The van der Waals surface area contributed by atoms with Gasteiger partial charge in [-0.2, -0.15) is 0 Å². The lowest BCUT2D eigenvalue weighted by Crippen LogP contribution is -2.44. The Bertz CT molecular complexity index is 315. The van der Waals surface area contributed by atoms with E-state index in [2.05, 4.69) is 4.90 Å². The number of nitrogens with zero attached hydrogens (tertiary/aromatic N) is 1. The van der Waals surface area contributed by atoms with E-state index >= 15 is 0 Å². The van der Waals surface area contributed by atoms with E-state index in [1.165, 1.54) is 51.4 Å². The van der Waals surface area contributed by atoms with Crippen LogP contribution < -0.4 is 5.73 Å². The van der Waals surface area contributed by atoms with Gasteiger partial charge in [0.1, 0.15) is 0 Å². The highest BCUT2D eigenvalue weighted by atomic mass is 16.2. The van der Waals surface area contributed by atoms with Crippen LogP contribution in [0.2, 0.25) is 0 Å². The van der Waals surface area contributed by atoms with Crippen molar-refractivity contribution in [2.75, 3.05) is 13.1 Å². The number of fused-ring (bicyclic) bond motifs is 1. The van der Waals surface area contributed by atoms with E-state index in [4.69, 9.17) is 5.73 Å². The molecule has 1 amide bonds. The van der Waals surface area contributed by atoms with Gasteiger partial charge in [0.15, 0.2) is 0 Å². The average Bonchev–Trinajstić information content (AvgIpc) is 2.93. The van der Waals surface area contributed by atoms with Crippen LogP contribution in [0.5, 0.6) is 0 Å². The molecule has 2 atom stereocenters. The van der Waals surface area contributed by atoms with E-state index in [1.54, 1.807) is 0 Å².